The van der Waals surface area contributed by atoms with Gasteiger partial charge in [-0.2, -0.15) is 0 Å². The van der Waals surface area contributed by atoms with Gasteiger partial charge in [0, 0.05) is 18.9 Å². The minimum atomic E-state index is -0.379. The molecule has 2 N–H and O–H groups in total. The summed E-state index contributed by atoms with van der Waals surface area (Å²) in [5.41, 5.74) is 0. The van der Waals surface area contributed by atoms with E-state index in [4.69, 9.17) is 9.47 Å². The van der Waals surface area contributed by atoms with Gasteiger partial charge in [-0.3, -0.25) is 0 Å². The van der Waals surface area contributed by atoms with Crippen molar-refractivity contribution in [1.82, 2.24) is 0 Å². The first-order valence-electron chi connectivity index (χ1n) is 3.62. The van der Waals surface area contributed by atoms with Gasteiger partial charge >= 0.3 is 0 Å². The van der Waals surface area contributed by atoms with E-state index in [-0.39, 0.29) is 51.6 Å². The van der Waals surface area contributed by atoms with Gasteiger partial charge in [-0.1, -0.05) is 0 Å². The second kappa shape index (κ2) is 5.71. The van der Waals surface area contributed by atoms with Gasteiger partial charge in [-0.05, 0) is 0 Å². The summed E-state index contributed by atoms with van der Waals surface area (Å²) in [5.74, 6) is -0.292. The molecule has 4 nitrogen and oxygen atoms in total. The molecular weight excluding hydrogens is 231 g/mol. The molecule has 0 aliphatic rings. The third-order valence-electron chi connectivity index (χ3n) is 1.72. The molecule has 0 aromatic heterocycles. The molecule has 0 fully saturated rings. The second-order valence-corrected chi connectivity index (χ2v) is 3.36. The molecule has 0 bridgehead atoms. The molecule has 1 aromatic rings. The van der Waals surface area contributed by atoms with E-state index >= 15 is 0 Å². The van der Waals surface area contributed by atoms with Crippen molar-refractivity contribution < 1.29 is 19.7 Å². The smallest absolute Gasteiger partial charge is 0.179 e. The summed E-state index contributed by atoms with van der Waals surface area (Å²) in [5, 5.41) is 18.8. The minimum Gasteiger partial charge on any atom is -0.503 e. The molecule has 0 atom stereocenters. The fourth-order valence-electron chi connectivity index (χ4n) is 1.03. The number of methoxy groups -OCH3 is 2. The zero-order chi connectivity index (χ0) is 10.9. The number of aromatic hydroxyl groups is 2. The van der Waals surface area contributed by atoms with Gasteiger partial charge < -0.3 is 19.7 Å². The summed E-state index contributed by atoms with van der Waals surface area (Å²) in [6, 6.07) is 0. The van der Waals surface area contributed by atoms with Crippen molar-refractivity contribution in [2.75, 3.05) is 14.2 Å². The van der Waals surface area contributed by atoms with Crippen LogP contribution in [0.25, 0.3) is 0 Å². The number of ether oxygens (including phenoxy) is 2. The summed E-state index contributed by atoms with van der Waals surface area (Å²) in [6.45, 7) is 0. The van der Waals surface area contributed by atoms with Crippen LogP contribution in [-0.4, -0.2) is 43.3 Å². The first-order valence-corrected chi connectivity index (χ1v) is 4.51. The maximum absolute atomic E-state index is 9.41. The third-order valence-corrected chi connectivity index (χ3v) is 2.55. The predicted octanol–water partition coefficient (Wildman–Crippen LogP) is 1.31. The van der Waals surface area contributed by atoms with Crippen LogP contribution in [0, 0.1) is 0 Å². The van der Waals surface area contributed by atoms with Gasteiger partial charge in [0.25, 0.3) is 0 Å². The average Bonchev–Trinajstić information content (AvgIpc) is 2.20. The summed E-state index contributed by atoms with van der Waals surface area (Å²) < 4.78 is 9.92. The van der Waals surface area contributed by atoms with Crippen molar-refractivity contribution in [3.8, 4) is 23.0 Å². The Morgan fingerprint density at radius 3 is 1.33 bits per heavy atom. The van der Waals surface area contributed by atoms with Crippen molar-refractivity contribution in [2.45, 2.75) is 9.79 Å². The van der Waals surface area contributed by atoms with E-state index in [1.54, 1.807) is 0 Å². The third kappa shape index (κ3) is 2.45. The average molecular weight is 241 g/mol. The van der Waals surface area contributed by atoms with E-state index in [0.717, 1.165) is 0 Å². The van der Waals surface area contributed by atoms with Crippen LogP contribution in [0.4, 0.5) is 0 Å². The summed E-state index contributed by atoms with van der Waals surface area (Å²) in [6.07, 6.45) is 0. The summed E-state index contributed by atoms with van der Waals surface area (Å²) in [7, 11) is 2.81. The van der Waals surface area contributed by atoms with Crippen LogP contribution in [0.5, 0.6) is 23.0 Å². The topological polar surface area (TPSA) is 58.9 Å². The van der Waals surface area contributed by atoms with Crippen LogP contribution in [0.2, 0.25) is 0 Å². The Kier molecular flexibility index (Phi) is 5.60. The largest absolute Gasteiger partial charge is 0.503 e. The van der Waals surface area contributed by atoms with Crippen molar-refractivity contribution in [2.24, 2.45) is 0 Å². The Balaban J connectivity index is 0.00000196. The molecule has 0 saturated carbocycles. The van der Waals surface area contributed by atoms with E-state index in [1.807, 2.05) is 0 Å². The molecule has 0 amide bonds. The summed E-state index contributed by atoms with van der Waals surface area (Å²) >= 11 is 7.97. The Labute approximate surface area is 111 Å². The van der Waals surface area contributed by atoms with E-state index in [2.05, 4.69) is 25.3 Å². The minimum absolute atomic E-state index is 0. The molecule has 79 valence electrons. The van der Waals surface area contributed by atoms with Gasteiger partial charge in [0.15, 0.2) is 23.0 Å². The molecule has 0 saturated heterocycles. The van der Waals surface area contributed by atoms with Crippen LogP contribution < -0.4 is 9.47 Å². The molecular formula is C8H10LiO4S2. The normalized spacial score (nSPS) is 9.33. The first kappa shape index (κ1) is 14.7. The van der Waals surface area contributed by atoms with Crippen LogP contribution >= 0.6 is 25.3 Å². The monoisotopic (exact) mass is 241 g/mol. The number of hydrogen-bond donors (Lipinski definition) is 4. The van der Waals surface area contributed by atoms with Crippen LogP contribution in [-0.2, 0) is 0 Å². The van der Waals surface area contributed by atoms with Gasteiger partial charge in [0.1, 0.15) is 0 Å². The summed E-state index contributed by atoms with van der Waals surface area (Å²) in [4.78, 5) is 0.222. The number of thiol groups is 2. The Hall–Kier alpha value is -0.283. The van der Waals surface area contributed by atoms with Gasteiger partial charge in [-0.15, -0.1) is 25.3 Å². The number of phenolic OH excluding ortho intramolecular Hbond substituents is 2. The van der Waals surface area contributed by atoms with E-state index in [0.29, 0.717) is 0 Å². The second-order valence-electron chi connectivity index (χ2n) is 2.46. The fourth-order valence-corrected chi connectivity index (χ4v) is 1.63. The SMILES string of the molecule is COc1c(S)c(O)c(O)c(S)c1OC.[Li]. The van der Waals surface area contributed by atoms with Crippen molar-refractivity contribution in [3.63, 3.8) is 0 Å². The molecule has 0 aliphatic carbocycles. The number of phenols is 2. The zero-order valence-electron chi connectivity index (χ0n) is 8.61. The number of rotatable bonds is 2. The molecule has 0 aliphatic heterocycles. The molecule has 15 heavy (non-hydrogen) atoms. The molecule has 1 aromatic carbocycles. The Bertz CT molecular complexity index is 335. The van der Waals surface area contributed by atoms with Crippen molar-refractivity contribution in [3.05, 3.63) is 0 Å². The quantitative estimate of drug-likeness (QED) is 0.358. The Morgan fingerprint density at radius 2 is 1.13 bits per heavy atom. The molecule has 0 unspecified atom stereocenters. The van der Waals surface area contributed by atoms with Gasteiger partial charge in [0.2, 0.25) is 0 Å². The van der Waals surface area contributed by atoms with E-state index < -0.39 is 0 Å². The molecule has 7 heteroatoms. The maximum Gasteiger partial charge on any atom is 0.179 e. The molecule has 1 radical (unpaired) electrons. The van der Waals surface area contributed by atoms with E-state index in [9.17, 15) is 10.2 Å². The number of benzene rings is 1. The van der Waals surface area contributed by atoms with Gasteiger partial charge in [-0.25, -0.2) is 0 Å². The Morgan fingerprint density at radius 1 is 0.867 bits per heavy atom. The molecule has 0 spiro atoms. The fraction of sp³-hybridized carbons (Fsp3) is 0.250. The predicted molar refractivity (Wildman–Crippen MR) is 63.1 cm³/mol. The molecule has 1 rings (SSSR count). The zero-order valence-corrected chi connectivity index (χ0v) is 10.4. The number of hydrogen-bond acceptors (Lipinski definition) is 6. The standard InChI is InChI=1S/C8H10O4S2.Li/c1-11-5-6(12-2)8(14)4(10)3(9)7(5)13;/h9-10,13-14H,1-2H3;. The maximum atomic E-state index is 9.41. The molecule has 0 heterocycles. The van der Waals surface area contributed by atoms with Crippen molar-refractivity contribution in [1.29, 1.82) is 0 Å². The van der Waals surface area contributed by atoms with Crippen LogP contribution in [0.15, 0.2) is 9.79 Å². The van der Waals surface area contributed by atoms with Crippen LogP contribution in [0.1, 0.15) is 0 Å². The first-order chi connectivity index (χ1) is 6.54. The van der Waals surface area contributed by atoms with E-state index in [1.165, 1.54) is 14.2 Å². The van der Waals surface area contributed by atoms with Crippen LogP contribution in [0.3, 0.4) is 0 Å². The van der Waals surface area contributed by atoms with Gasteiger partial charge in [0.05, 0.1) is 24.0 Å². The van der Waals surface area contributed by atoms with Crippen molar-refractivity contribution >= 4 is 44.1 Å².